The molecule has 1 fully saturated rings. The summed E-state index contributed by atoms with van der Waals surface area (Å²) < 4.78 is 28.6. The van der Waals surface area contributed by atoms with E-state index in [1.807, 2.05) is 7.05 Å². The molecule has 1 aliphatic heterocycles. The smallest absolute Gasteiger partial charge is 0.152 e. The van der Waals surface area contributed by atoms with Crippen LogP contribution in [0.15, 0.2) is 0 Å². The predicted octanol–water partition coefficient (Wildman–Crippen LogP) is 0.580. The first kappa shape index (κ1) is 12.9. The van der Waals surface area contributed by atoms with Crippen LogP contribution in [-0.2, 0) is 14.6 Å². The maximum atomic E-state index is 11.6. The van der Waals surface area contributed by atoms with Crippen molar-refractivity contribution >= 4 is 9.84 Å². The second-order valence-electron chi connectivity index (χ2n) is 4.06. The highest BCUT2D eigenvalue weighted by Crippen LogP contribution is 2.14. The Balaban J connectivity index is 2.19. The van der Waals surface area contributed by atoms with Crippen LogP contribution in [0.2, 0.25) is 0 Å². The zero-order valence-corrected chi connectivity index (χ0v) is 10.2. The van der Waals surface area contributed by atoms with Crippen LogP contribution in [0.5, 0.6) is 0 Å². The Bertz CT molecular complexity index is 258. The van der Waals surface area contributed by atoms with Crippen LogP contribution in [0.3, 0.4) is 0 Å². The van der Waals surface area contributed by atoms with E-state index in [1.165, 1.54) is 0 Å². The third-order valence-electron chi connectivity index (χ3n) is 2.60. The van der Waals surface area contributed by atoms with E-state index < -0.39 is 9.84 Å². The Morgan fingerprint density at radius 3 is 2.80 bits per heavy atom. The Kier molecular flexibility index (Phi) is 5.56. The fourth-order valence-electron chi connectivity index (χ4n) is 1.77. The summed E-state index contributed by atoms with van der Waals surface area (Å²) in [4.78, 5) is 0. The van der Waals surface area contributed by atoms with Crippen molar-refractivity contribution in [1.82, 2.24) is 5.32 Å². The second-order valence-corrected chi connectivity index (χ2v) is 6.29. The summed E-state index contributed by atoms with van der Waals surface area (Å²) in [6.07, 6.45) is 3.52. The molecule has 0 radical (unpaired) electrons. The first-order chi connectivity index (χ1) is 7.14. The molecule has 1 saturated heterocycles. The van der Waals surface area contributed by atoms with Gasteiger partial charge in [-0.3, -0.25) is 0 Å². The highest BCUT2D eigenvalue weighted by Gasteiger charge is 2.22. The van der Waals surface area contributed by atoms with Gasteiger partial charge in [-0.05, 0) is 39.3 Å². The summed E-state index contributed by atoms with van der Waals surface area (Å²) in [5, 5.41) is 3.01. The van der Waals surface area contributed by atoms with E-state index >= 15 is 0 Å². The summed E-state index contributed by atoms with van der Waals surface area (Å²) in [7, 11) is -1.02. The van der Waals surface area contributed by atoms with Crippen molar-refractivity contribution in [1.29, 1.82) is 0 Å². The van der Waals surface area contributed by atoms with Crippen molar-refractivity contribution in [3.63, 3.8) is 0 Å². The third-order valence-corrected chi connectivity index (χ3v) is 4.39. The van der Waals surface area contributed by atoms with E-state index in [2.05, 4.69) is 5.32 Å². The Morgan fingerprint density at radius 1 is 1.40 bits per heavy atom. The SMILES string of the molecule is CNCCCCS(=O)(=O)CC1CCCO1. The second kappa shape index (κ2) is 6.45. The fourth-order valence-corrected chi connectivity index (χ4v) is 3.41. The molecule has 90 valence electrons. The van der Waals surface area contributed by atoms with Crippen LogP contribution < -0.4 is 5.32 Å². The van der Waals surface area contributed by atoms with Crippen LogP contribution in [-0.4, -0.2) is 46.2 Å². The molecule has 1 N–H and O–H groups in total. The molecule has 0 aromatic rings. The minimum absolute atomic E-state index is 0.0423. The van der Waals surface area contributed by atoms with Crippen LogP contribution in [0.25, 0.3) is 0 Å². The number of hydrogen-bond donors (Lipinski definition) is 1. The lowest BCUT2D eigenvalue weighted by Crippen LogP contribution is -2.22. The van der Waals surface area contributed by atoms with Gasteiger partial charge in [0, 0.05) is 6.61 Å². The van der Waals surface area contributed by atoms with Gasteiger partial charge in [-0.1, -0.05) is 0 Å². The molecule has 0 aromatic carbocycles. The molecule has 1 aliphatic rings. The van der Waals surface area contributed by atoms with Gasteiger partial charge in [0.05, 0.1) is 17.6 Å². The number of hydrogen-bond acceptors (Lipinski definition) is 4. The van der Waals surface area contributed by atoms with Gasteiger partial charge in [-0.2, -0.15) is 0 Å². The molecular formula is C10H21NO3S. The molecule has 4 nitrogen and oxygen atoms in total. The zero-order valence-electron chi connectivity index (χ0n) is 9.37. The summed E-state index contributed by atoms with van der Waals surface area (Å²) in [5.41, 5.74) is 0. The normalized spacial score (nSPS) is 22.1. The highest BCUT2D eigenvalue weighted by atomic mass is 32.2. The molecule has 0 amide bonds. The van der Waals surface area contributed by atoms with Crippen molar-refractivity contribution in [2.45, 2.75) is 31.8 Å². The van der Waals surface area contributed by atoms with Crippen LogP contribution >= 0.6 is 0 Å². The highest BCUT2D eigenvalue weighted by molar-refractivity contribution is 7.91. The van der Waals surface area contributed by atoms with Crippen molar-refractivity contribution in [3.05, 3.63) is 0 Å². The molecular weight excluding hydrogens is 214 g/mol. The van der Waals surface area contributed by atoms with Crippen molar-refractivity contribution < 1.29 is 13.2 Å². The molecule has 1 atom stereocenters. The van der Waals surface area contributed by atoms with E-state index in [0.29, 0.717) is 5.75 Å². The first-order valence-electron chi connectivity index (χ1n) is 5.61. The molecule has 0 spiro atoms. The third kappa shape index (κ3) is 5.49. The summed E-state index contributed by atoms with van der Waals surface area (Å²) in [6, 6.07) is 0. The zero-order chi connectivity index (χ0) is 11.1. The molecule has 1 rings (SSSR count). The van der Waals surface area contributed by atoms with Gasteiger partial charge < -0.3 is 10.1 Å². The van der Waals surface area contributed by atoms with Gasteiger partial charge in [-0.25, -0.2) is 8.42 Å². The standard InChI is InChI=1S/C10H21NO3S/c1-11-6-2-3-8-15(12,13)9-10-5-4-7-14-10/h10-11H,2-9H2,1H3. The topological polar surface area (TPSA) is 55.4 Å². The first-order valence-corrected chi connectivity index (χ1v) is 7.43. The fraction of sp³-hybridized carbons (Fsp3) is 1.00. The summed E-state index contributed by atoms with van der Waals surface area (Å²) in [5.74, 6) is 0.515. The minimum atomic E-state index is -2.90. The van der Waals surface area contributed by atoms with Crippen LogP contribution in [0.4, 0.5) is 0 Å². The maximum Gasteiger partial charge on any atom is 0.152 e. The summed E-state index contributed by atoms with van der Waals surface area (Å²) in [6.45, 7) is 1.61. The van der Waals surface area contributed by atoms with Gasteiger partial charge >= 0.3 is 0 Å². The van der Waals surface area contributed by atoms with E-state index in [1.54, 1.807) is 0 Å². The lowest BCUT2D eigenvalue weighted by Gasteiger charge is -2.09. The molecule has 0 aromatic heterocycles. The molecule has 1 unspecified atom stereocenters. The Labute approximate surface area is 92.3 Å². The van der Waals surface area contributed by atoms with Gasteiger partial charge in [0.2, 0.25) is 0 Å². The number of ether oxygens (including phenoxy) is 1. The quantitative estimate of drug-likeness (QED) is 0.656. The van der Waals surface area contributed by atoms with Gasteiger partial charge in [0.25, 0.3) is 0 Å². The van der Waals surface area contributed by atoms with Crippen LogP contribution in [0, 0.1) is 0 Å². The number of rotatable bonds is 7. The molecule has 5 heteroatoms. The Morgan fingerprint density at radius 2 is 2.20 bits per heavy atom. The Hall–Kier alpha value is -0.130. The van der Waals surface area contributed by atoms with Crippen molar-refractivity contribution in [3.8, 4) is 0 Å². The average molecular weight is 235 g/mol. The lowest BCUT2D eigenvalue weighted by atomic mass is 10.3. The molecule has 1 heterocycles. The molecule has 0 bridgehead atoms. The lowest BCUT2D eigenvalue weighted by molar-refractivity contribution is 0.127. The predicted molar refractivity (Wildman–Crippen MR) is 60.8 cm³/mol. The van der Waals surface area contributed by atoms with E-state index in [9.17, 15) is 8.42 Å². The molecule has 0 saturated carbocycles. The van der Waals surface area contributed by atoms with E-state index in [0.717, 1.165) is 38.8 Å². The minimum Gasteiger partial charge on any atom is -0.377 e. The van der Waals surface area contributed by atoms with Crippen molar-refractivity contribution in [2.75, 3.05) is 31.7 Å². The maximum absolute atomic E-state index is 11.6. The average Bonchev–Trinajstić information content (AvgIpc) is 2.64. The summed E-state index contributed by atoms with van der Waals surface area (Å²) >= 11 is 0. The largest absolute Gasteiger partial charge is 0.377 e. The van der Waals surface area contributed by atoms with Crippen LogP contribution in [0.1, 0.15) is 25.7 Å². The number of nitrogens with one attached hydrogen (secondary N) is 1. The number of sulfone groups is 1. The van der Waals surface area contributed by atoms with Crippen molar-refractivity contribution in [2.24, 2.45) is 0 Å². The molecule has 0 aliphatic carbocycles. The van der Waals surface area contributed by atoms with E-state index in [-0.39, 0.29) is 11.9 Å². The number of unbranched alkanes of at least 4 members (excludes halogenated alkanes) is 1. The monoisotopic (exact) mass is 235 g/mol. The van der Waals surface area contributed by atoms with E-state index in [4.69, 9.17) is 4.74 Å². The van der Waals surface area contributed by atoms with Gasteiger partial charge in [0.1, 0.15) is 0 Å². The van der Waals surface area contributed by atoms with Gasteiger partial charge in [0.15, 0.2) is 9.84 Å². The molecule has 15 heavy (non-hydrogen) atoms. The van der Waals surface area contributed by atoms with Gasteiger partial charge in [-0.15, -0.1) is 0 Å².